The number of hydrogen-bond acceptors (Lipinski definition) is 0. The summed E-state index contributed by atoms with van der Waals surface area (Å²) in [6, 6.07) is 56.3. The van der Waals surface area contributed by atoms with Crippen LogP contribution < -0.4 is 0 Å². The van der Waals surface area contributed by atoms with Crippen LogP contribution in [0.3, 0.4) is 0 Å². The molecule has 0 spiro atoms. The molecule has 0 fully saturated rings. The predicted octanol–water partition coefficient (Wildman–Crippen LogP) is 12.2. The van der Waals surface area contributed by atoms with Crippen LogP contribution in [0, 0.1) is 0 Å². The van der Waals surface area contributed by atoms with E-state index in [4.69, 9.17) is 0 Å². The first kappa shape index (κ1) is 28.4. The van der Waals surface area contributed by atoms with Gasteiger partial charge >= 0.3 is 0 Å². The summed E-state index contributed by atoms with van der Waals surface area (Å²) in [7, 11) is 0. The lowest BCUT2D eigenvalue weighted by Gasteiger charge is -2.29. The van der Waals surface area contributed by atoms with Crippen molar-refractivity contribution in [1.82, 2.24) is 9.13 Å². The van der Waals surface area contributed by atoms with Gasteiger partial charge < -0.3 is 9.13 Å². The van der Waals surface area contributed by atoms with E-state index >= 15 is 0 Å². The van der Waals surface area contributed by atoms with E-state index in [0.29, 0.717) is 17.9 Å². The van der Waals surface area contributed by atoms with Crippen LogP contribution in [0.2, 0.25) is 0 Å². The van der Waals surface area contributed by atoms with Crippen molar-refractivity contribution in [2.45, 2.75) is 51.0 Å². The van der Waals surface area contributed by atoms with E-state index in [2.05, 4.69) is 175 Å². The van der Waals surface area contributed by atoms with Crippen molar-refractivity contribution in [3.63, 3.8) is 0 Å². The summed E-state index contributed by atoms with van der Waals surface area (Å²) in [5.41, 5.74) is 9.25. The summed E-state index contributed by atoms with van der Waals surface area (Å²) in [5, 5.41) is 5.34. The average Bonchev–Trinajstić information content (AvgIpc) is 3.63. The van der Waals surface area contributed by atoms with Crippen LogP contribution in [-0.2, 0) is 0 Å². The zero-order valence-electron chi connectivity index (χ0n) is 26.7. The largest absolute Gasteiger partial charge is 0.337 e. The minimum atomic E-state index is 0.339. The number of nitrogens with zero attached hydrogens (tertiary/aromatic N) is 2. The van der Waals surface area contributed by atoms with Gasteiger partial charge in [0.1, 0.15) is 0 Å². The molecule has 0 bridgehead atoms. The van der Waals surface area contributed by atoms with Crippen LogP contribution in [0.5, 0.6) is 0 Å². The molecular weight excluding hydrogens is 556 g/mol. The molecular formula is C44H40N2. The summed E-state index contributed by atoms with van der Waals surface area (Å²) < 4.78 is 5.09. The molecule has 2 nitrogen and oxygen atoms in total. The van der Waals surface area contributed by atoms with E-state index in [1.165, 1.54) is 60.4 Å². The highest BCUT2D eigenvalue weighted by atomic mass is 15.0. The van der Waals surface area contributed by atoms with Gasteiger partial charge in [0.2, 0.25) is 0 Å². The molecule has 3 atom stereocenters. The molecule has 0 aliphatic rings. The molecule has 0 radical (unpaired) electrons. The van der Waals surface area contributed by atoms with Gasteiger partial charge in [-0.3, -0.25) is 0 Å². The van der Waals surface area contributed by atoms with Crippen molar-refractivity contribution >= 4 is 43.6 Å². The Bertz CT molecular complexity index is 2220. The molecule has 0 aliphatic carbocycles. The fourth-order valence-corrected chi connectivity index (χ4v) is 7.95. The smallest absolute Gasteiger partial charge is 0.0541 e. The zero-order chi connectivity index (χ0) is 31.0. The van der Waals surface area contributed by atoms with E-state index < -0.39 is 0 Å². The summed E-state index contributed by atoms with van der Waals surface area (Å²) in [6.07, 6.45) is 3.26. The van der Waals surface area contributed by atoms with Gasteiger partial charge in [-0.25, -0.2) is 0 Å². The Balaban J connectivity index is 1.25. The first-order valence-corrected chi connectivity index (χ1v) is 16.8. The molecule has 0 saturated carbocycles. The summed E-state index contributed by atoms with van der Waals surface area (Å²) in [6.45, 7) is 4.77. The van der Waals surface area contributed by atoms with Crippen molar-refractivity contribution in [1.29, 1.82) is 0 Å². The Morgan fingerprint density at radius 2 is 1.00 bits per heavy atom. The summed E-state index contributed by atoms with van der Waals surface area (Å²) in [5.74, 6) is 0.867. The highest BCUT2D eigenvalue weighted by Gasteiger charge is 2.25. The maximum Gasteiger partial charge on any atom is 0.0541 e. The topological polar surface area (TPSA) is 9.86 Å². The van der Waals surface area contributed by atoms with Crippen LogP contribution in [0.4, 0.5) is 0 Å². The maximum atomic E-state index is 2.67. The van der Waals surface area contributed by atoms with Gasteiger partial charge in [-0.05, 0) is 84.7 Å². The summed E-state index contributed by atoms with van der Waals surface area (Å²) in [4.78, 5) is 0. The minimum absolute atomic E-state index is 0.339. The SMILES string of the molecule is CCC(CC(CC(C)c1ccccc1)n1c2ccccc2c2ccccc21)c1ccc2c(c1)c1ccccc1n2-c1ccccc1. The first-order valence-electron chi connectivity index (χ1n) is 16.8. The third-order valence-corrected chi connectivity index (χ3v) is 10.2. The van der Waals surface area contributed by atoms with E-state index in [1.807, 2.05) is 0 Å². The third kappa shape index (κ3) is 4.90. The van der Waals surface area contributed by atoms with Crippen molar-refractivity contribution in [2.75, 3.05) is 0 Å². The number of hydrogen-bond donors (Lipinski definition) is 0. The van der Waals surface area contributed by atoms with Gasteiger partial charge in [-0.1, -0.05) is 123 Å². The zero-order valence-corrected chi connectivity index (χ0v) is 26.7. The fraction of sp³-hybridized carbons (Fsp3) is 0.182. The highest BCUT2D eigenvalue weighted by Crippen LogP contribution is 2.42. The Kier molecular flexibility index (Phi) is 7.42. The molecule has 0 N–H and O–H groups in total. The molecule has 0 aliphatic heterocycles. The van der Waals surface area contributed by atoms with Crippen molar-refractivity contribution < 1.29 is 0 Å². The molecule has 0 amide bonds. The predicted molar refractivity (Wildman–Crippen MR) is 196 cm³/mol. The van der Waals surface area contributed by atoms with Crippen LogP contribution in [0.1, 0.15) is 62.1 Å². The van der Waals surface area contributed by atoms with Gasteiger partial charge in [0.25, 0.3) is 0 Å². The van der Waals surface area contributed by atoms with Gasteiger partial charge in [0, 0.05) is 44.3 Å². The molecule has 46 heavy (non-hydrogen) atoms. The first-order chi connectivity index (χ1) is 22.7. The van der Waals surface area contributed by atoms with E-state index in [1.54, 1.807) is 0 Å². The Morgan fingerprint density at radius 1 is 0.478 bits per heavy atom. The van der Waals surface area contributed by atoms with E-state index in [-0.39, 0.29) is 0 Å². The molecule has 6 aromatic carbocycles. The molecule has 2 heteroatoms. The summed E-state index contributed by atoms with van der Waals surface area (Å²) >= 11 is 0. The number of rotatable bonds is 9. The highest BCUT2D eigenvalue weighted by molar-refractivity contribution is 6.10. The Labute approximate surface area is 271 Å². The second-order valence-electron chi connectivity index (χ2n) is 12.9. The number of aromatic nitrogens is 2. The Morgan fingerprint density at radius 3 is 1.63 bits per heavy atom. The standard InChI is InChI=1S/C44H40N2/c1-3-32(34-26-27-44-40(30-34)39-22-12-15-25-43(39)45(44)35-18-8-5-9-19-35)29-36(28-31(2)33-16-6-4-7-17-33)46-41-23-13-10-20-37(41)38-21-11-14-24-42(38)46/h4-27,30-32,36H,3,28-29H2,1-2H3. The lowest BCUT2D eigenvalue weighted by atomic mass is 9.84. The average molecular weight is 597 g/mol. The Hall–Kier alpha value is -5.08. The van der Waals surface area contributed by atoms with Crippen molar-refractivity contribution in [3.05, 3.63) is 163 Å². The van der Waals surface area contributed by atoms with Crippen molar-refractivity contribution in [2.24, 2.45) is 0 Å². The molecule has 8 aromatic rings. The lowest BCUT2D eigenvalue weighted by Crippen LogP contribution is -2.16. The molecule has 226 valence electrons. The van der Waals surface area contributed by atoms with Crippen LogP contribution in [0.25, 0.3) is 49.3 Å². The quantitative estimate of drug-likeness (QED) is 0.157. The van der Waals surface area contributed by atoms with Gasteiger partial charge in [0.15, 0.2) is 0 Å². The monoisotopic (exact) mass is 596 g/mol. The van der Waals surface area contributed by atoms with Gasteiger partial charge in [-0.15, -0.1) is 0 Å². The maximum absolute atomic E-state index is 2.67. The van der Waals surface area contributed by atoms with Crippen LogP contribution in [0.15, 0.2) is 152 Å². The number of fused-ring (bicyclic) bond motifs is 6. The molecule has 2 aromatic heterocycles. The van der Waals surface area contributed by atoms with E-state index in [0.717, 1.165) is 19.3 Å². The normalized spacial score (nSPS) is 13.9. The van der Waals surface area contributed by atoms with E-state index in [9.17, 15) is 0 Å². The molecule has 3 unspecified atom stereocenters. The van der Waals surface area contributed by atoms with Crippen LogP contribution in [-0.4, -0.2) is 9.13 Å². The molecule has 2 heterocycles. The number of para-hydroxylation sites is 4. The second kappa shape index (κ2) is 12.0. The van der Waals surface area contributed by atoms with Crippen molar-refractivity contribution in [3.8, 4) is 5.69 Å². The minimum Gasteiger partial charge on any atom is -0.337 e. The third-order valence-electron chi connectivity index (χ3n) is 10.2. The fourth-order valence-electron chi connectivity index (χ4n) is 7.95. The molecule has 8 rings (SSSR count). The van der Waals surface area contributed by atoms with Crippen LogP contribution >= 0.6 is 0 Å². The second-order valence-corrected chi connectivity index (χ2v) is 12.9. The van der Waals surface area contributed by atoms with Gasteiger partial charge in [0.05, 0.1) is 11.0 Å². The van der Waals surface area contributed by atoms with Gasteiger partial charge in [-0.2, -0.15) is 0 Å². The lowest BCUT2D eigenvalue weighted by molar-refractivity contribution is 0.387. The number of benzene rings is 6. The molecule has 0 saturated heterocycles.